The van der Waals surface area contributed by atoms with Gasteiger partial charge in [-0.1, -0.05) is 41.9 Å². The van der Waals surface area contributed by atoms with Crippen molar-refractivity contribution in [3.8, 4) is 0 Å². The average Bonchev–Trinajstić information content (AvgIpc) is 3.56. The van der Waals surface area contributed by atoms with Crippen LogP contribution < -0.4 is 10.2 Å². The van der Waals surface area contributed by atoms with Gasteiger partial charge in [0.2, 0.25) is 5.60 Å². The summed E-state index contributed by atoms with van der Waals surface area (Å²) in [6.45, 7) is 1.72. The lowest BCUT2D eigenvalue weighted by atomic mass is 9.91. The molecule has 39 heavy (non-hydrogen) atoms. The topological polar surface area (TPSA) is 65.2 Å². The van der Waals surface area contributed by atoms with Gasteiger partial charge in [0.05, 0.1) is 5.02 Å². The van der Waals surface area contributed by atoms with E-state index in [4.69, 9.17) is 11.6 Å². The Hall–Kier alpha value is -2.69. The average molecular weight is 572 g/mol. The number of anilines is 1. The minimum atomic E-state index is -5.34. The maximum absolute atomic E-state index is 14.7. The molecule has 2 aromatic rings. The Balaban J connectivity index is 0.000000983. The third-order valence-electron chi connectivity index (χ3n) is 6.73. The summed E-state index contributed by atoms with van der Waals surface area (Å²) in [7, 11) is 6.00. The number of carbonyl (C=O) groups excluding carboxylic acids is 2. The Kier molecular flexibility index (Phi) is 10.0. The van der Waals surface area contributed by atoms with E-state index in [1.807, 2.05) is 32.1 Å². The number of rotatable bonds is 8. The van der Waals surface area contributed by atoms with Crippen molar-refractivity contribution < 1.29 is 31.9 Å². The molecule has 1 N–H and O–H groups in total. The number of carbonyl (C=O) groups is 2. The standard InChI is InChI=1S/C25H25ClF4N2O3.C3H9N/c26-21-15-20(9-8-18(21)16-33)32-13-10-17(11-14-32)5-4-12-31-22(34)23(19-6-2-1-3-7-19)24(27,35-23)25(28,29)30;1-4(2)3/h1-3,6-9,15-17H,4-5,10-14H2,(H,31,34);1-3H3. The molecule has 0 bridgehead atoms. The lowest BCUT2D eigenvalue weighted by Gasteiger charge is -2.34. The zero-order chi connectivity index (χ0) is 28.8. The maximum Gasteiger partial charge on any atom is 0.452 e. The molecule has 2 aliphatic rings. The van der Waals surface area contributed by atoms with Gasteiger partial charge in [-0.15, -0.1) is 0 Å². The highest BCUT2D eigenvalue weighted by Gasteiger charge is 2.89. The largest absolute Gasteiger partial charge is 0.452 e. The molecule has 2 aromatic carbocycles. The van der Waals surface area contributed by atoms with Gasteiger partial charge in [0.15, 0.2) is 6.29 Å². The van der Waals surface area contributed by atoms with E-state index in [2.05, 4.69) is 15.0 Å². The number of piperidine rings is 1. The zero-order valence-corrected chi connectivity index (χ0v) is 23.0. The Morgan fingerprint density at radius 3 is 2.28 bits per heavy atom. The number of halogens is 5. The summed E-state index contributed by atoms with van der Waals surface area (Å²) in [5.74, 6) is -4.79. The molecule has 2 aliphatic heterocycles. The molecule has 4 rings (SSSR count). The molecule has 1 amide bonds. The molecule has 2 saturated heterocycles. The SMILES string of the molecule is CN(C)C.O=Cc1ccc(N2CCC(CCCNC(=O)C3(c4ccccc4)OC3(F)C(F)(F)F)CC2)cc1Cl. The number of amides is 1. The van der Waals surface area contributed by atoms with E-state index < -0.39 is 23.5 Å². The van der Waals surface area contributed by atoms with E-state index in [1.165, 1.54) is 24.3 Å². The summed E-state index contributed by atoms with van der Waals surface area (Å²) in [5.41, 5.74) is -1.51. The van der Waals surface area contributed by atoms with Crippen LogP contribution in [0.15, 0.2) is 48.5 Å². The van der Waals surface area contributed by atoms with Gasteiger partial charge in [0.25, 0.3) is 5.91 Å². The third kappa shape index (κ3) is 6.91. The number of hydrogen-bond donors (Lipinski definition) is 1. The predicted octanol–water partition coefficient (Wildman–Crippen LogP) is 5.60. The molecule has 0 radical (unpaired) electrons. The summed E-state index contributed by atoms with van der Waals surface area (Å²) in [6, 6.07) is 12.2. The number of ether oxygens (including phenoxy) is 1. The number of aldehydes is 1. The van der Waals surface area contributed by atoms with Crippen LogP contribution in [0.3, 0.4) is 0 Å². The number of benzene rings is 2. The summed E-state index contributed by atoms with van der Waals surface area (Å²) in [4.78, 5) is 27.8. The van der Waals surface area contributed by atoms with Gasteiger partial charge in [0, 0.05) is 30.9 Å². The molecule has 0 spiro atoms. The predicted molar refractivity (Wildman–Crippen MR) is 143 cm³/mol. The molecule has 2 unspecified atom stereocenters. The number of nitrogens with one attached hydrogen (secondary N) is 1. The highest BCUT2D eigenvalue weighted by atomic mass is 35.5. The van der Waals surface area contributed by atoms with E-state index in [9.17, 15) is 27.2 Å². The molecule has 0 saturated carbocycles. The van der Waals surface area contributed by atoms with Crippen LogP contribution in [0.1, 0.15) is 41.6 Å². The van der Waals surface area contributed by atoms with E-state index >= 15 is 0 Å². The lowest BCUT2D eigenvalue weighted by molar-refractivity contribution is -0.226. The van der Waals surface area contributed by atoms with Crippen molar-refractivity contribution in [2.24, 2.45) is 5.92 Å². The van der Waals surface area contributed by atoms with Crippen molar-refractivity contribution in [2.75, 3.05) is 45.7 Å². The summed E-state index contributed by atoms with van der Waals surface area (Å²) >= 11 is 6.12. The quantitative estimate of drug-likeness (QED) is 0.193. The second-order valence-electron chi connectivity index (χ2n) is 10.2. The van der Waals surface area contributed by atoms with E-state index in [0.29, 0.717) is 29.2 Å². The molecular weight excluding hydrogens is 538 g/mol. The number of nitrogens with zero attached hydrogens (tertiary/aromatic N) is 2. The van der Waals surface area contributed by atoms with Crippen LogP contribution in [0.5, 0.6) is 0 Å². The minimum absolute atomic E-state index is 0.119. The van der Waals surface area contributed by atoms with Crippen LogP contribution in [0.4, 0.5) is 23.2 Å². The van der Waals surface area contributed by atoms with Gasteiger partial charge in [0.1, 0.15) is 0 Å². The molecule has 6 nitrogen and oxygen atoms in total. The maximum atomic E-state index is 14.7. The fourth-order valence-corrected chi connectivity index (χ4v) is 4.91. The van der Waals surface area contributed by atoms with Crippen LogP contribution in [-0.4, -0.2) is 69.9 Å². The van der Waals surface area contributed by atoms with Crippen LogP contribution in [0.25, 0.3) is 0 Å². The fourth-order valence-electron chi connectivity index (χ4n) is 4.69. The van der Waals surface area contributed by atoms with Crippen LogP contribution in [-0.2, 0) is 15.1 Å². The Morgan fingerprint density at radius 2 is 1.77 bits per heavy atom. The minimum Gasteiger partial charge on any atom is -0.371 e. The lowest BCUT2D eigenvalue weighted by Crippen LogP contribution is -2.45. The Morgan fingerprint density at radius 1 is 1.15 bits per heavy atom. The van der Waals surface area contributed by atoms with E-state index in [-0.39, 0.29) is 12.1 Å². The van der Waals surface area contributed by atoms with Crippen LogP contribution in [0.2, 0.25) is 5.02 Å². The molecule has 2 heterocycles. The van der Waals surface area contributed by atoms with Gasteiger partial charge in [-0.05, 0) is 76.5 Å². The van der Waals surface area contributed by atoms with Crippen molar-refractivity contribution in [3.05, 3.63) is 64.7 Å². The van der Waals surface area contributed by atoms with Gasteiger partial charge < -0.3 is 19.9 Å². The van der Waals surface area contributed by atoms with Crippen molar-refractivity contribution in [2.45, 2.75) is 43.3 Å². The number of epoxide rings is 1. The number of alkyl halides is 4. The van der Waals surface area contributed by atoms with Crippen LogP contribution in [0, 0.1) is 5.92 Å². The normalized spacial score (nSPS) is 23.2. The second kappa shape index (κ2) is 12.7. The molecule has 11 heteroatoms. The Bertz CT molecular complexity index is 1120. The number of hydrogen-bond acceptors (Lipinski definition) is 5. The molecular formula is C28H34ClF4N3O3. The first-order valence-corrected chi connectivity index (χ1v) is 13.1. The second-order valence-corrected chi connectivity index (χ2v) is 10.6. The monoisotopic (exact) mass is 571 g/mol. The van der Waals surface area contributed by atoms with E-state index in [1.54, 1.807) is 18.2 Å². The summed E-state index contributed by atoms with van der Waals surface area (Å²) in [5, 5.41) is 2.85. The van der Waals surface area contributed by atoms with Crippen molar-refractivity contribution in [3.63, 3.8) is 0 Å². The van der Waals surface area contributed by atoms with E-state index in [0.717, 1.165) is 38.0 Å². The van der Waals surface area contributed by atoms with Gasteiger partial charge >= 0.3 is 12.0 Å². The van der Waals surface area contributed by atoms with Gasteiger partial charge in [-0.2, -0.15) is 17.6 Å². The highest BCUT2D eigenvalue weighted by Crippen LogP contribution is 2.64. The van der Waals surface area contributed by atoms with Gasteiger partial charge in [-0.25, -0.2) is 0 Å². The summed E-state index contributed by atoms with van der Waals surface area (Å²) < 4.78 is 59.1. The van der Waals surface area contributed by atoms with Gasteiger partial charge in [-0.3, -0.25) is 9.59 Å². The molecule has 0 aromatic heterocycles. The first-order valence-electron chi connectivity index (χ1n) is 12.8. The molecule has 214 valence electrons. The first kappa shape index (κ1) is 30.8. The van der Waals surface area contributed by atoms with Crippen molar-refractivity contribution >= 4 is 29.5 Å². The van der Waals surface area contributed by atoms with Crippen molar-refractivity contribution in [1.82, 2.24) is 10.2 Å². The molecule has 2 atom stereocenters. The smallest absolute Gasteiger partial charge is 0.371 e. The van der Waals surface area contributed by atoms with Crippen LogP contribution >= 0.6 is 11.6 Å². The van der Waals surface area contributed by atoms with Crippen molar-refractivity contribution in [1.29, 1.82) is 0 Å². The molecule has 0 aliphatic carbocycles. The highest BCUT2D eigenvalue weighted by molar-refractivity contribution is 6.33. The Labute approximate surface area is 231 Å². The molecule has 2 fully saturated rings. The summed E-state index contributed by atoms with van der Waals surface area (Å²) in [6.07, 6.45) is -1.50. The third-order valence-corrected chi connectivity index (χ3v) is 7.06. The fraction of sp³-hybridized carbons (Fsp3) is 0.500. The first-order chi connectivity index (χ1) is 18.4. The zero-order valence-electron chi connectivity index (χ0n) is 22.2.